The number of methoxy groups -OCH3 is 1. The minimum Gasteiger partial charge on any atom is -0.496 e. The van der Waals surface area contributed by atoms with E-state index in [1.165, 1.54) is 52.0 Å². The molecule has 1 aliphatic rings. The van der Waals surface area contributed by atoms with Crippen molar-refractivity contribution in [3.8, 4) is 10.8 Å². The summed E-state index contributed by atoms with van der Waals surface area (Å²) in [7, 11) is 3.06. The van der Waals surface area contributed by atoms with E-state index in [-0.39, 0.29) is 44.0 Å². The Balaban J connectivity index is 1.79. The fraction of sp³-hybridized carbons (Fsp3) is 0.423. The Morgan fingerprint density at radius 1 is 1.23 bits per heavy atom. The molecule has 2 unspecified atom stereocenters. The van der Waals surface area contributed by atoms with Gasteiger partial charge in [0.05, 0.1) is 56.6 Å². The number of amides is 1. The number of rotatable bonds is 9. The standard InChI is InChI=1S/C26H29FN6O6S/c1-15-21-22(36)32(26(2)12-20(35)30(3)14-26)25(37)31(24(21)40-23(15)33-28-7-8-29-33)13-19(39-10-9-34)17-11-16(27)5-6-18(17)38-4/h5-8,11,19,34H,9-10,12-14H2,1-4H3. The number of thiophene rings is 1. The molecule has 5 rings (SSSR count). The van der Waals surface area contributed by atoms with Crippen LogP contribution in [0.4, 0.5) is 4.39 Å². The summed E-state index contributed by atoms with van der Waals surface area (Å²) in [4.78, 5) is 44.0. The summed E-state index contributed by atoms with van der Waals surface area (Å²) < 4.78 is 28.3. The Kier molecular flexibility index (Phi) is 7.33. The van der Waals surface area contributed by atoms with Gasteiger partial charge in [0.25, 0.3) is 5.56 Å². The molecule has 2 atom stereocenters. The Bertz CT molecular complexity index is 1700. The molecule has 1 fully saturated rings. The van der Waals surface area contributed by atoms with Crippen molar-refractivity contribution in [3.05, 3.63) is 68.4 Å². The van der Waals surface area contributed by atoms with Gasteiger partial charge in [-0.05, 0) is 32.0 Å². The zero-order valence-electron chi connectivity index (χ0n) is 22.5. The Morgan fingerprint density at radius 2 is 1.95 bits per heavy atom. The number of halogens is 1. The number of nitrogens with zero attached hydrogens (tertiary/aromatic N) is 6. The van der Waals surface area contributed by atoms with E-state index < -0.39 is 28.7 Å². The molecule has 1 amide bonds. The summed E-state index contributed by atoms with van der Waals surface area (Å²) in [6.45, 7) is 3.09. The van der Waals surface area contributed by atoms with Gasteiger partial charge in [0, 0.05) is 24.7 Å². The zero-order valence-corrected chi connectivity index (χ0v) is 23.3. The van der Waals surface area contributed by atoms with E-state index >= 15 is 0 Å². The molecule has 4 heterocycles. The Hall–Kier alpha value is -3.88. The lowest BCUT2D eigenvalue weighted by atomic mass is 10.0. The van der Waals surface area contributed by atoms with Crippen LogP contribution < -0.4 is 16.0 Å². The van der Waals surface area contributed by atoms with E-state index in [0.29, 0.717) is 26.7 Å². The van der Waals surface area contributed by atoms with Crippen LogP contribution in [0.3, 0.4) is 0 Å². The first kappa shape index (κ1) is 27.7. The molecule has 14 heteroatoms. The van der Waals surface area contributed by atoms with Crippen LogP contribution in [-0.4, -0.2) is 74.0 Å². The number of hydrogen-bond donors (Lipinski definition) is 1. The van der Waals surface area contributed by atoms with Crippen molar-refractivity contribution in [2.75, 3.05) is 33.9 Å². The second kappa shape index (κ2) is 10.6. The average Bonchev–Trinajstić information content (AvgIpc) is 3.62. The number of likely N-dealkylation sites (tertiary alicyclic amines) is 1. The normalized spacial score (nSPS) is 18.1. The van der Waals surface area contributed by atoms with Crippen LogP contribution in [0.1, 0.15) is 30.6 Å². The number of aromatic nitrogens is 5. The number of likely N-dealkylation sites (N-methyl/N-ethyl adjacent to an activating group) is 1. The van der Waals surface area contributed by atoms with Crippen molar-refractivity contribution < 1.29 is 23.8 Å². The molecule has 40 heavy (non-hydrogen) atoms. The summed E-state index contributed by atoms with van der Waals surface area (Å²) in [5.74, 6) is -0.381. The molecule has 1 aromatic carbocycles. The quantitative estimate of drug-likeness (QED) is 0.320. The maximum Gasteiger partial charge on any atom is 0.332 e. The molecule has 212 valence electrons. The largest absolute Gasteiger partial charge is 0.496 e. The predicted molar refractivity (Wildman–Crippen MR) is 145 cm³/mol. The third-order valence-corrected chi connectivity index (χ3v) is 8.44. The number of aliphatic hydroxyl groups is 1. The van der Waals surface area contributed by atoms with Crippen LogP contribution in [0.15, 0.2) is 40.2 Å². The van der Waals surface area contributed by atoms with E-state index in [9.17, 15) is 23.9 Å². The topological polar surface area (TPSA) is 134 Å². The first-order chi connectivity index (χ1) is 19.1. The van der Waals surface area contributed by atoms with Crippen LogP contribution in [0, 0.1) is 12.7 Å². The highest BCUT2D eigenvalue weighted by atomic mass is 32.1. The fourth-order valence-electron chi connectivity index (χ4n) is 5.31. The van der Waals surface area contributed by atoms with E-state index in [1.54, 1.807) is 20.9 Å². The van der Waals surface area contributed by atoms with Gasteiger partial charge in [-0.1, -0.05) is 11.3 Å². The van der Waals surface area contributed by atoms with Crippen molar-refractivity contribution in [1.82, 2.24) is 29.0 Å². The summed E-state index contributed by atoms with van der Waals surface area (Å²) in [6, 6.07) is 3.96. The molecule has 1 saturated heterocycles. The molecular formula is C26H29FN6O6S. The number of ether oxygens (including phenoxy) is 2. The highest BCUT2D eigenvalue weighted by molar-refractivity contribution is 7.21. The van der Waals surface area contributed by atoms with Crippen LogP contribution in [-0.2, 0) is 21.6 Å². The maximum atomic E-state index is 14.4. The van der Waals surface area contributed by atoms with E-state index in [2.05, 4.69) is 10.2 Å². The molecular weight excluding hydrogens is 543 g/mol. The molecule has 0 radical (unpaired) electrons. The second-order valence-electron chi connectivity index (χ2n) is 9.96. The fourth-order valence-corrected chi connectivity index (χ4v) is 6.53. The Morgan fingerprint density at radius 3 is 2.58 bits per heavy atom. The van der Waals surface area contributed by atoms with Crippen molar-refractivity contribution in [2.45, 2.75) is 38.5 Å². The van der Waals surface area contributed by atoms with Gasteiger partial charge < -0.3 is 19.5 Å². The Labute approximate surface area is 231 Å². The first-order valence-corrected chi connectivity index (χ1v) is 13.4. The average molecular weight is 573 g/mol. The van der Waals surface area contributed by atoms with Gasteiger partial charge in [0.15, 0.2) is 0 Å². The summed E-state index contributed by atoms with van der Waals surface area (Å²) in [5.41, 5.74) is -1.37. The SMILES string of the molecule is COc1ccc(F)cc1C(Cn1c(=O)n(C2(C)CC(=O)N(C)C2)c(=O)c2c(C)c(-n3nccn3)sc21)OCCO. The lowest BCUT2D eigenvalue weighted by molar-refractivity contribution is -0.126. The third-order valence-electron chi connectivity index (χ3n) is 7.16. The summed E-state index contributed by atoms with van der Waals surface area (Å²) >= 11 is 1.16. The van der Waals surface area contributed by atoms with E-state index in [4.69, 9.17) is 9.47 Å². The predicted octanol–water partition coefficient (Wildman–Crippen LogP) is 1.59. The monoisotopic (exact) mass is 572 g/mol. The van der Waals surface area contributed by atoms with Crippen molar-refractivity contribution in [2.24, 2.45) is 0 Å². The van der Waals surface area contributed by atoms with Gasteiger partial charge in [-0.15, -0.1) is 4.80 Å². The molecule has 3 aromatic heterocycles. The number of aryl methyl sites for hydroxylation is 1. The minimum atomic E-state index is -1.10. The van der Waals surface area contributed by atoms with Crippen LogP contribution in [0.2, 0.25) is 0 Å². The van der Waals surface area contributed by atoms with Gasteiger partial charge in [-0.2, -0.15) is 10.2 Å². The molecule has 4 aromatic rings. The number of hydrogen-bond acceptors (Lipinski definition) is 9. The smallest absolute Gasteiger partial charge is 0.332 e. The molecule has 12 nitrogen and oxygen atoms in total. The van der Waals surface area contributed by atoms with E-state index in [0.717, 1.165) is 15.9 Å². The maximum absolute atomic E-state index is 14.4. The highest BCUT2D eigenvalue weighted by Gasteiger charge is 2.42. The molecule has 1 aliphatic heterocycles. The molecule has 0 aliphatic carbocycles. The lowest BCUT2D eigenvalue weighted by Crippen LogP contribution is -2.51. The van der Waals surface area contributed by atoms with Crippen molar-refractivity contribution in [3.63, 3.8) is 0 Å². The van der Waals surface area contributed by atoms with Gasteiger partial charge in [0.1, 0.15) is 27.5 Å². The van der Waals surface area contributed by atoms with Gasteiger partial charge in [0.2, 0.25) is 5.91 Å². The third kappa shape index (κ3) is 4.61. The summed E-state index contributed by atoms with van der Waals surface area (Å²) in [6.07, 6.45) is 2.05. The van der Waals surface area contributed by atoms with Gasteiger partial charge in [-0.3, -0.25) is 18.7 Å². The van der Waals surface area contributed by atoms with Crippen LogP contribution in [0.25, 0.3) is 15.2 Å². The molecule has 0 saturated carbocycles. The van der Waals surface area contributed by atoms with E-state index in [1.807, 2.05) is 0 Å². The van der Waals surface area contributed by atoms with Gasteiger partial charge >= 0.3 is 5.69 Å². The summed E-state index contributed by atoms with van der Waals surface area (Å²) in [5, 5.41) is 18.7. The number of aliphatic hydroxyl groups excluding tert-OH is 1. The van der Waals surface area contributed by atoms with Gasteiger partial charge in [-0.25, -0.2) is 9.18 Å². The zero-order chi connectivity index (χ0) is 28.8. The van der Waals surface area contributed by atoms with Crippen LogP contribution >= 0.6 is 11.3 Å². The number of carbonyl (C=O) groups excluding carboxylic acids is 1. The van der Waals surface area contributed by atoms with Crippen LogP contribution in [0.5, 0.6) is 5.75 Å². The highest BCUT2D eigenvalue weighted by Crippen LogP contribution is 2.35. The molecule has 0 bridgehead atoms. The van der Waals surface area contributed by atoms with Crippen molar-refractivity contribution >= 4 is 27.5 Å². The second-order valence-corrected chi connectivity index (χ2v) is 10.9. The number of carbonyl (C=O) groups is 1. The molecule has 0 spiro atoms. The molecule has 1 N–H and O–H groups in total. The lowest BCUT2D eigenvalue weighted by Gasteiger charge is -2.27. The minimum absolute atomic E-state index is 0.0247. The van der Waals surface area contributed by atoms with Crippen molar-refractivity contribution in [1.29, 1.82) is 0 Å². The number of fused-ring (bicyclic) bond motifs is 1. The first-order valence-electron chi connectivity index (χ1n) is 12.6. The number of benzene rings is 1.